The lowest BCUT2D eigenvalue weighted by atomic mass is 10.1. The molecule has 0 spiro atoms. The zero-order valence-corrected chi connectivity index (χ0v) is 15.7. The highest BCUT2D eigenvalue weighted by Gasteiger charge is 2.28. The largest absolute Gasteiger partial charge is 0.384 e. The molecule has 1 aliphatic heterocycles. The maximum absolute atomic E-state index is 12.5. The van der Waals surface area contributed by atoms with Gasteiger partial charge >= 0.3 is 0 Å². The van der Waals surface area contributed by atoms with Crippen LogP contribution >= 0.6 is 0 Å². The summed E-state index contributed by atoms with van der Waals surface area (Å²) in [4.78, 5) is 37.6. The Morgan fingerprint density at radius 1 is 1.41 bits per heavy atom. The van der Waals surface area contributed by atoms with E-state index in [1.807, 2.05) is 6.07 Å². The monoisotopic (exact) mass is 393 g/mol. The van der Waals surface area contributed by atoms with Crippen LogP contribution in [-0.4, -0.2) is 45.5 Å². The number of nitrogens with two attached hydrogens (primary N) is 1. The van der Waals surface area contributed by atoms with Crippen molar-refractivity contribution in [2.45, 2.75) is 13.5 Å². The molecule has 0 bridgehead atoms. The highest BCUT2D eigenvalue weighted by Crippen LogP contribution is 2.10. The number of nitriles is 1. The molecular formula is C19H19N7O3. The van der Waals surface area contributed by atoms with E-state index in [-0.39, 0.29) is 36.1 Å². The number of benzene rings is 1. The lowest BCUT2D eigenvalue weighted by molar-refractivity contribution is -0.133. The van der Waals surface area contributed by atoms with Gasteiger partial charge in [0.1, 0.15) is 17.3 Å². The first kappa shape index (κ1) is 19.6. The lowest BCUT2D eigenvalue weighted by Gasteiger charge is -2.29. The quantitative estimate of drug-likeness (QED) is 0.607. The number of hydrogen-bond acceptors (Lipinski definition) is 7. The molecule has 148 valence electrons. The number of aromatic nitrogens is 2. The maximum atomic E-state index is 12.5. The fraction of sp³-hybridized carbons (Fsp3) is 0.211. The summed E-state index contributed by atoms with van der Waals surface area (Å²) >= 11 is 0. The van der Waals surface area contributed by atoms with Gasteiger partial charge in [-0.15, -0.1) is 0 Å². The molecule has 1 aromatic carbocycles. The van der Waals surface area contributed by atoms with Gasteiger partial charge in [0.05, 0.1) is 43.2 Å². The molecule has 2 aromatic rings. The zero-order valence-electron chi connectivity index (χ0n) is 15.7. The van der Waals surface area contributed by atoms with Crippen molar-refractivity contribution in [3.05, 3.63) is 64.9 Å². The van der Waals surface area contributed by atoms with Crippen LogP contribution in [0.15, 0.2) is 48.2 Å². The Morgan fingerprint density at radius 3 is 2.93 bits per heavy atom. The molecule has 0 saturated carbocycles. The standard InChI is InChI=1S/C19H19N7O3/c1-12(27)8-25-11-22-17(21)16(19(25)29)24-18(28)15-7-23-26(10-15)9-14-4-2-3-13(5-14)6-20/h2-5,7,10,22H,8-9,11,21H2,1H3,(H,24,28). The predicted molar refractivity (Wildman–Crippen MR) is 102 cm³/mol. The molecule has 3 rings (SSSR count). The van der Waals surface area contributed by atoms with Crippen molar-refractivity contribution in [2.75, 3.05) is 13.2 Å². The number of nitrogens with zero attached hydrogens (tertiary/aromatic N) is 4. The number of rotatable bonds is 6. The minimum absolute atomic E-state index is 0.0314. The molecule has 0 aliphatic carbocycles. The summed E-state index contributed by atoms with van der Waals surface area (Å²) in [6.45, 7) is 1.75. The molecule has 0 atom stereocenters. The average Bonchev–Trinajstić information content (AvgIpc) is 3.15. The third kappa shape index (κ3) is 4.59. The summed E-state index contributed by atoms with van der Waals surface area (Å²) in [7, 11) is 0. The van der Waals surface area contributed by atoms with Crippen molar-refractivity contribution in [3.8, 4) is 6.07 Å². The molecule has 0 unspecified atom stereocenters. The van der Waals surface area contributed by atoms with Crippen LogP contribution in [-0.2, 0) is 16.1 Å². The second-order valence-corrected chi connectivity index (χ2v) is 6.52. The van der Waals surface area contributed by atoms with Gasteiger partial charge in [-0.3, -0.25) is 19.1 Å². The van der Waals surface area contributed by atoms with Gasteiger partial charge in [-0.2, -0.15) is 10.4 Å². The van der Waals surface area contributed by atoms with Gasteiger partial charge in [-0.25, -0.2) is 0 Å². The van der Waals surface area contributed by atoms with E-state index in [1.165, 1.54) is 24.2 Å². The van der Waals surface area contributed by atoms with E-state index in [4.69, 9.17) is 11.0 Å². The van der Waals surface area contributed by atoms with Gasteiger partial charge in [-0.05, 0) is 24.6 Å². The van der Waals surface area contributed by atoms with E-state index >= 15 is 0 Å². The fourth-order valence-electron chi connectivity index (χ4n) is 2.81. The Morgan fingerprint density at radius 2 is 2.21 bits per heavy atom. The number of nitrogens with one attached hydrogen (secondary N) is 2. The Balaban J connectivity index is 1.70. The van der Waals surface area contributed by atoms with Crippen molar-refractivity contribution in [3.63, 3.8) is 0 Å². The average molecular weight is 393 g/mol. The van der Waals surface area contributed by atoms with Crippen molar-refractivity contribution < 1.29 is 14.4 Å². The summed E-state index contributed by atoms with van der Waals surface area (Å²) < 4.78 is 1.55. The fourth-order valence-corrected chi connectivity index (χ4v) is 2.81. The van der Waals surface area contributed by atoms with Crippen LogP contribution in [0.1, 0.15) is 28.4 Å². The summed E-state index contributed by atoms with van der Waals surface area (Å²) in [5, 5.41) is 18.4. The molecule has 1 aromatic heterocycles. The van der Waals surface area contributed by atoms with Crippen LogP contribution in [0.4, 0.5) is 0 Å². The third-order valence-corrected chi connectivity index (χ3v) is 4.18. The first-order chi connectivity index (χ1) is 13.9. The first-order valence-electron chi connectivity index (χ1n) is 8.72. The van der Waals surface area contributed by atoms with Crippen molar-refractivity contribution in [1.29, 1.82) is 5.26 Å². The van der Waals surface area contributed by atoms with Crippen LogP contribution in [0, 0.1) is 11.3 Å². The van der Waals surface area contributed by atoms with Gasteiger partial charge in [0.15, 0.2) is 0 Å². The zero-order chi connectivity index (χ0) is 21.0. The molecule has 10 heteroatoms. The molecule has 2 heterocycles. The van der Waals surface area contributed by atoms with Crippen LogP contribution in [0.2, 0.25) is 0 Å². The topological polar surface area (TPSA) is 146 Å². The molecule has 0 radical (unpaired) electrons. The minimum Gasteiger partial charge on any atom is -0.384 e. The number of hydrogen-bond donors (Lipinski definition) is 3. The Bertz CT molecular complexity index is 1050. The molecule has 4 N–H and O–H groups in total. The summed E-state index contributed by atoms with van der Waals surface area (Å²) in [6.07, 6.45) is 2.90. The number of carbonyl (C=O) groups excluding carboxylic acids is 3. The number of amides is 2. The molecule has 1 aliphatic rings. The highest BCUT2D eigenvalue weighted by atomic mass is 16.2. The molecule has 0 saturated heterocycles. The summed E-state index contributed by atoms with van der Waals surface area (Å²) in [6, 6.07) is 9.14. The number of ketones is 1. The van der Waals surface area contributed by atoms with Crippen molar-refractivity contribution in [2.24, 2.45) is 5.73 Å². The van der Waals surface area contributed by atoms with E-state index in [1.54, 1.807) is 22.9 Å². The van der Waals surface area contributed by atoms with E-state index in [0.717, 1.165) is 5.56 Å². The molecule has 2 amide bonds. The van der Waals surface area contributed by atoms with Gasteiger partial charge < -0.3 is 21.3 Å². The predicted octanol–water partition coefficient (Wildman–Crippen LogP) is -0.361. The summed E-state index contributed by atoms with van der Waals surface area (Å²) in [5.41, 5.74) is 7.31. The van der Waals surface area contributed by atoms with E-state index in [9.17, 15) is 14.4 Å². The number of Topliss-reactive ketones (excluding diaryl/α,β-unsaturated/α-hetero) is 1. The van der Waals surface area contributed by atoms with Gasteiger partial charge in [-0.1, -0.05) is 12.1 Å². The van der Waals surface area contributed by atoms with Crippen LogP contribution in [0.25, 0.3) is 0 Å². The number of carbonyl (C=O) groups is 3. The van der Waals surface area contributed by atoms with Gasteiger partial charge in [0.2, 0.25) is 0 Å². The second-order valence-electron chi connectivity index (χ2n) is 6.52. The van der Waals surface area contributed by atoms with Crippen LogP contribution < -0.4 is 16.4 Å². The lowest BCUT2D eigenvalue weighted by Crippen LogP contribution is -2.52. The Hall–Kier alpha value is -4.13. The highest BCUT2D eigenvalue weighted by molar-refractivity contribution is 6.04. The molecule has 29 heavy (non-hydrogen) atoms. The molecular weight excluding hydrogens is 374 g/mol. The van der Waals surface area contributed by atoms with Crippen LogP contribution in [0.3, 0.4) is 0 Å². The normalized spacial score (nSPS) is 13.7. The van der Waals surface area contributed by atoms with E-state index in [2.05, 4.69) is 21.8 Å². The second kappa shape index (κ2) is 8.26. The summed E-state index contributed by atoms with van der Waals surface area (Å²) in [5.74, 6) is -1.25. The first-order valence-corrected chi connectivity index (χ1v) is 8.72. The molecule has 0 fully saturated rings. The third-order valence-electron chi connectivity index (χ3n) is 4.18. The van der Waals surface area contributed by atoms with E-state index < -0.39 is 11.8 Å². The maximum Gasteiger partial charge on any atom is 0.275 e. The van der Waals surface area contributed by atoms with E-state index in [0.29, 0.717) is 12.1 Å². The van der Waals surface area contributed by atoms with Crippen molar-refractivity contribution >= 4 is 17.6 Å². The minimum atomic E-state index is -0.556. The molecule has 10 nitrogen and oxygen atoms in total. The van der Waals surface area contributed by atoms with Gasteiger partial charge in [0, 0.05) is 6.20 Å². The smallest absolute Gasteiger partial charge is 0.275 e. The van der Waals surface area contributed by atoms with Gasteiger partial charge in [0.25, 0.3) is 11.8 Å². The SMILES string of the molecule is CC(=O)CN1CNC(N)=C(NC(=O)c2cnn(Cc3cccc(C#N)c3)c2)C1=O. The Labute approximate surface area is 166 Å². The van der Waals surface area contributed by atoms with Crippen LogP contribution in [0.5, 0.6) is 0 Å². The van der Waals surface area contributed by atoms with Crippen molar-refractivity contribution in [1.82, 2.24) is 25.3 Å². The Kier molecular flexibility index (Phi) is 5.59.